The Morgan fingerprint density at radius 1 is 1.21 bits per heavy atom. The molecule has 0 aliphatic carbocycles. The average molecular weight is 320 g/mol. The molecule has 0 radical (unpaired) electrons. The van der Waals surface area contributed by atoms with Gasteiger partial charge in [0.05, 0.1) is 16.7 Å². The zero-order chi connectivity index (χ0) is 13.4. The van der Waals surface area contributed by atoms with Crippen molar-refractivity contribution in [2.75, 3.05) is 18.0 Å². The van der Waals surface area contributed by atoms with Crippen LogP contribution in [0, 0.1) is 12.8 Å². The summed E-state index contributed by atoms with van der Waals surface area (Å²) in [4.78, 5) is 12.4. The number of rotatable bonds is 1. The van der Waals surface area contributed by atoms with Crippen molar-refractivity contribution >= 4 is 32.8 Å². The second-order valence-electron chi connectivity index (χ2n) is 5.35. The summed E-state index contributed by atoms with van der Waals surface area (Å²) < 4.78 is 0. The molecule has 0 saturated carbocycles. The molecule has 1 aromatic heterocycles. The zero-order valence-electron chi connectivity index (χ0n) is 11.3. The van der Waals surface area contributed by atoms with Crippen molar-refractivity contribution in [2.24, 2.45) is 5.92 Å². The van der Waals surface area contributed by atoms with Crippen molar-refractivity contribution in [1.29, 1.82) is 0 Å². The summed E-state index contributed by atoms with van der Waals surface area (Å²) in [5.74, 6) is 1.76. The quantitative estimate of drug-likeness (QED) is 0.753. The third-order valence-electron chi connectivity index (χ3n) is 3.89. The Hall–Kier alpha value is -1.16. The third-order valence-corrected chi connectivity index (χ3v) is 5.08. The van der Waals surface area contributed by atoms with Gasteiger partial charge in [0.25, 0.3) is 0 Å². The normalized spacial score (nSPS) is 23.8. The predicted molar refractivity (Wildman–Crippen MR) is 83.0 cm³/mol. The largest absolute Gasteiger partial charge is 0.354 e. The van der Waals surface area contributed by atoms with Crippen LogP contribution in [0.3, 0.4) is 0 Å². The third kappa shape index (κ3) is 2.46. The van der Waals surface area contributed by atoms with Crippen molar-refractivity contribution in [1.82, 2.24) is 9.97 Å². The standard InChI is InChI=1S/C15H18BrN3/c1-10-7-8-19(9-12(10)16)15-11(2)17-13-5-3-4-6-14(13)18-15/h3-6,10,12H,7-9H2,1-2H3. The first-order valence-electron chi connectivity index (χ1n) is 6.77. The van der Waals surface area contributed by atoms with E-state index >= 15 is 0 Å². The van der Waals surface area contributed by atoms with E-state index in [4.69, 9.17) is 4.98 Å². The van der Waals surface area contributed by atoms with Crippen molar-refractivity contribution in [2.45, 2.75) is 25.1 Å². The lowest BCUT2D eigenvalue weighted by atomic mass is 9.99. The van der Waals surface area contributed by atoms with Gasteiger partial charge in [0, 0.05) is 17.9 Å². The number of anilines is 1. The van der Waals surface area contributed by atoms with Crippen LogP contribution in [0.15, 0.2) is 24.3 Å². The highest BCUT2D eigenvalue weighted by molar-refractivity contribution is 9.09. The molecule has 1 aliphatic rings. The van der Waals surface area contributed by atoms with Gasteiger partial charge in [-0.25, -0.2) is 9.97 Å². The second kappa shape index (κ2) is 5.08. The second-order valence-corrected chi connectivity index (χ2v) is 6.53. The molecule has 100 valence electrons. The molecule has 0 bridgehead atoms. The van der Waals surface area contributed by atoms with E-state index in [1.165, 1.54) is 6.42 Å². The fourth-order valence-electron chi connectivity index (χ4n) is 2.59. The van der Waals surface area contributed by atoms with Crippen molar-refractivity contribution < 1.29 is 0 Å². The number of benzene rings is 1. The van der Waals surface area contributed by atoms with E-state index in [1.54, 1.807) is 0 Å². The summed E-state index contributed by atoms with van der Waals surface area (Å²) >= 11 is 3.78. The molecule has 2 unspecified atom stereocenters. The molecule has 0 spiro atoms. The van der Waals surface area contributed by atoms with E-state index in [2.05, 4.69) is 39.7 Å². The molecular weight excluding hydrogens is 302 g/mol. The first-order chi connectivity index (χ1) is 9.15. The Labute approximate surface area is 122 Å². The van der Waals surface area contributed by atoms with Gasteiger partial charge < -0.3 is 4.90 Å². The lowest BCUT2D eigenvalue weighted by molar-refractivity contribution is 0.454. The van der Waals surface area contributed by atoms with E-state index < -0.39 is 0 Å². The van der Waals surface area contributed by atoms with Crippen LogP contribution in [0.25, 0.3) is 11.0 Å². The number of halogens is 1. The van der Waals surface area contributed by atoms with E-state index in [-0.39, 0.29) is 0 Å². The molecule has 1 fully saturated rings. The molecule has 3 nitrogen and oxygen atoms in total. The van der Waals surface area contributed by atoms with Crippen LogP contribution in [0.4, 0.5) is 5.82 Å². The number of fused-ring (bicyclic) bond motifs is 1. The summed E-state index contributed by atoms with van der Waals surface area (Å²) in [7, 11) is 0. The maximum absolute atomic E-state index is 4.80. The van der Waals surface area contributed by atoms with Gasteiger partial charge in [0.2, 0.25) is 0 Å². The van der Waals surface area contributed by atoms with Gasteiger partial charge in [0.1, 0.15) is 0 Å². The SMILES string of the molecule is Cc1nc2ccccc2nc1N1CCC(C)C(Br)C1. The number of hydrogen-bond acceptors (Lipinski definition) is 3. The Balaban J connectivity index is 1.98. The van der Waals surface area contributed by atoms with E-state index in [1.807, 2.05) is 24.3 Å². The van der Waals surface area contributed by atoms with Crippen LogP contribution in [0.2, 0.25) is 0 Å². The molecular formula is C15H18BrN3. The molecule has 3 rings (SSSR count). The summed E-state index contributed by atoms with van der Waals surface area (Å²) in [6.45, 7) is 6.43. The molecule has 1 aliphatic heterocycles. The predicted octanol–water partition coefficient (Wildman–Crippen LogP) is 3.55. The van der Waals surface area contributed by atoms with Crippen molar-refractivity contribution in [3.63, 3.8) is 0 Å². The van der Waals surface area contributed by atoms with Gasteiger partial charge >= 0.3 is 0 Å². The number of nitrogens with zero attached hydrogens (tertiary/aromatic N) is 3. The van der Waals surface area contributed by atoms with Gasteiger partial charge in [-0.2, -0.15) is 0 Å². The van der Waals surface area contributed by atoms with Gasteiger partial charge in [-0.3, -0.25) is 0 Å². The fraction of sp³-hybridized carbons (Fsp3) is 0.467. The minimum atomic E-state index is 0.536. The lowest BCUT2D eigenvalue weighted by Gasteiger charge is -2.35. The molecule has 1 saturated heterocycles. The summed E-state index contributed by atoms with van der Waals surface area (Å²) in [5.41, 5.74) is 2.98. The minimum absolute atomic E-state index is 0.536. The molecule has 1 aromatic carbocycles. The van der Waals surface area contributed by atoms with E-state index in [9.17, 15) is 0 Å². The summed E-state index contributed by atoms with van der Waals surface area (Å²) in [6, 6.07) is 8.07. The van der Waals surface area contributed by atoms with Gasteiger partial charge in [-0.05, 0) is 31.4 Å². The van der Waals surface area contributed by atoms with Gasteiger partial charge in [-0.15, -0.1) is 0 Å². The van der Waals surface area contributed by atoms with Crippen LogP contribution >= 0.6 is 15.9 Å². The number of aryl methyl sites for hydroxylation is 1. The minimum Gasteiger partial charge on any atom is -0.354 e. The van der Waals surface area contributed by atoms with Crippen molar-refractivity contribution in [3.05, 3.63) is 30.0 Å². The van der Waals surface area contributed by atoms with Crippen LogP contribution in [-0.2, 0) is 0 Å². The molecule has 4 heteroatoms. The highest BCUT2D eigenvalue weighted by atomic mass is 79.9. The Kier molecular flexibility index (Phi) is 3.44. The number of piperidine rings is 1. The lowest BCUT2D eigenvalue weighted by Crippen LogP contribution is -2.41. The van der Waals surface area contributed by atoms with Crippen LogP contribution < -0.4 is 4.90 Å². The molecule has 0 N–H and O–H groups in total. The number of aromatic nitrogens is 2. The highest BCUT2D eigenvalue weighted by Crippen LogP contribution is 2.28. The first-order valence-corrected chi connectivity index (χ1v) is 7.69. The average Bonchev–Trinajstić information content (AvgIpc) is 2.41. The smallest absolute Gasteiger partial charge is 0.150 e. The van der Waals surface area contributed by atoms with Crippen LogP contribution in [0.5, 0.6) is 0 Å². The number of para-hydroxylation sites is 2. The van der Waals surface area contributed by atoms with E-state index in [0.29, 0.717) is 4.83 Å². The Morgan fingerprint density at radius 3 is 2.58 bits per heavy atom. The summed E-state index contributed by atoms with van der Waals surface area (Å²) in [6.07, 6.45) is 1.20. The number of hydrogen-bond donors (Lipinski definition) is 0. The Bertz CT molecular complexity index is 599. The molecule has 19 heavy (non-hydrogen) atoms. The number of alkyl halides is 1. The summed E-state index contributed by atoms with van der Waals surface area (Å²) in [5, 5.41) is 0. The molecule has 2 heterocycles. The topological polar surface area (TPSA) is 29.0 Å². The first kappa shape index (κ1) is 12.9. The monoisotopic (exact) mass is 319 g/mol. The molecule has 2 aromatic rings. The molecule has 2 atom stereocenters. The van der Waals surface area contributed by atoms with Crippen LogP contribution in [-0.4, -0.2) is 27.9 Å². The molecule has 0 amide bonds. The van der Waals surface area contributed by atoms with Crippen molar-refractivity contribution in [3.8, 4) is 0 Å². The maximum Gasteiger partial charge on any atom is 0.150 e. The van der Waals surface area contributed by atoms with E-state index in [0.717, 1.165) is 41.6 Å². The maximum atomic E-state index is 4.80. The van der Waals surface area contributed by atoms with Gasteiger partial charge in [-0.1, -0.05) is 35.0 Å². The zero-order valence-corrected chi connectivity index (χ0v) is 12.9. The Morgan fingerprint density at radius 2 is 1.89 bits per heavy atom. The highest BCUT2D eigenvalue weighted by Gasteiger charge is 2.26. The van der Waals surface area contributed by atoms with Crippen LogP contribution in [0.1, 0.15) is 19.0 Å². The fourth-order valence-corrected chi connectivity index (χ4v) is 3.21. The van der Waals surface area contributed by atoms with Gasteiger partial charge in [0.15, 0.2) is 5.82 Å².